The maximum Gasteiger partial charge on any atom is 0.0622 e. The molecule has 4 nitrogen and oxygen atoms in total. The Bertz CT molecular complexity index is 309. The van der Waals surface area contributed by atoms with E-state index >= 15 is 0 Å². The first-order valence-electron chi connectivity index (χ1n) is 9.32. The molecule has 0 saturated carbocycles. The van der Waals surface area contributed by atoms with E-state index in [-0.39, 0.29) is 0 Å². The summed E-state index contributed by atoms with van der Waals surface area (Å²) < 4.78 is 0. The van der Waals surface area contributed by atoms with Gasteiger partial charge in [-0.05, 0) is 53.9 Å². The monoisotopic (exact) mass is 312 g/mol. The molecule has 0 radical (unpaired) electrons. The molecule has 0 aromatic heterocycles. The van der Waals surface area contributed by atoms with Crippen molar-refractivity contribution in [2.45, 2.75) is 78.8 Å². The minimum atomic E-state index is 0.630. The van der Waals surface area contributed by atoms with Gasteiger partial charge in [0.1, 0.15) is 0 Å². The van der Waals surface area contributed by atoms with Gasteiger partial charge >= 0.3 is 0 Å². The summed E-state index contributed by atoms with van der Waals surface area (Å²) >= 11 is 0. The molecule has 2 rings (SSSR count). The van der Waals surface area contributed by atoms with E-state index in [0.717, 1.165) is 12.1 Å². The molecule has 0 spiro atoms. The summed E-state index contributed by atoms with van der Waals surface area (Å²) in [6, 6.07) is 1.53. The molecular formula is C18H40N4. The van der Waals surface area contributed by atoms with Crippen LogP contribution in [0.3, 0.4) is 0 Å². The molecule has 4 unspecified atom stereocenters. The van der Waals surface area contributed by atoms with Crippen LogP contribution in [0.25, 0.3) is 0 Å². The molecule has 0 aromatic rings. The standard InChI is InChI=1S/C10H22N2.C8H18N2/c1-5-10-11(6-2)8-9(4)12(10)7-3;1-5-8-6-9(3)7(2)10(8)4/h9-10H,5-8H2,1-4H3;7-8H,5-6H2,1-4H3. The minimum absolute atomic E-state index is 0.630. The molecule has 2 aliphatic heterocycles. The van der Waals surface area contributed by atoms with Gasteiger partial charge in [-0.1, -0.05) is 27.7 Å². The Morgan fingerprint density at radius 2 is 1.50 bits per heavy atom. The second-order valence-corrected chi connectivity index (χ2v) is 6.95. The lowest BCUT2D eigenvalue weighted by Gasteiger charge is -2.28. The van der Waals surface area contributed by atoms with Gasteiger partial charge in [-0.2, -0.15) is 0 Å². The highest BCUT2D eigenvalue weighted by atomic mass is 15.4. The van der Waals surface area contributed by atoms with E-state index < -0.39 is 0 Å². The van der Waals surface area contributed by atoms with Crippen molar-refractivity contribution in [3.05, 3.63) is 0 Å². The van der Waals surface area contributed by atoms with Crippen LogP contribution in [0.15, 0.2) is 0 Å². The summed E-state index contributed by atoms with van der Waals surface area (Å²) in [4.78, 5) is 10.0. The van der Waals surface area contributed by atoms with Gasteiger partial charge in [-0.3, -0.25) is 19.6 Å². The van der Waals surface area contributed by atoms with Crippen LogP contribution in [0.5, 0.6) is 0 Å². The van der Waals surface area contributed by atoms with Crippen molar-refractivity contribution in [3.8, 4) is 0 Å². The Kier molecular flexibility index (Phi) is 8.33. The average Bonchev–Trinajstić information content (AvgIpc) is 2.97. The van der Waals surface area contributed by atoms with Gasteiger partial charge in [-0.15, -0.1) is 0 Å². The fourth-order valence-electron chi connectivity index (χ4n) is 4.07. The maximum atomic E-state index is 2.60. The molecule has 4 atom stereocenters. The summed E-state index contributed by atoms with van der Waals surface area (Å²) in [7, 11) is 4.40. The first-order chi connectivity index (χ1) is 10.4. The highest BCUT2D eigenvalue weighted by molar-refractivity contribution is 4.85. The van der Waals surface area contributed by atoms with Gasteiger partial charge in [0.05, 0.1) is 12.3 Å². The van der Waals surface area contributed by atoms with E-state index in [2.05, 4.69) is 75.2 Å². The lowest BCUT2D eigenvalue weighted by atomic mass is 10.2. The van der Waals surface area contributed by atoms with Crippen molar-refractivity contribution in [3.63, 3.8) is 0 Å². The van der Waals surface area contributed by atoms with Crippen LogP contribution >= 0.6 is 0 Å². The Balaban J connectivity index is 0.000000224. The molecule has 0 bridgehead atoms. The number of hydrogen-bond acceptors (Lipinski definition) is 4. The normalized spacial score (nSPS) is 34.9. The fourth-order valence-corrected chi connectivity index (χ4v) is 4.07. The summed E-state index contributed by atoms with van der Waals surface area (Å²) in [5, 5.41) is 0. The molecule has 0 amide bonds. The molecular weight excluding hydrogens is 272 g/mol. The number of likely N-dealkylation sites (N-methyl/N-ethyl adjacent to an activating group) is 4. The molecule has 0 aromatic carbocycles. The third-order valence-electron chi connectivity index (χ3n) is 5.78. The van der Waals surface area contributed by atoms with Crippen molar-refractivity contribution >= 4 is 0 Å². The van der Waals surface area contributed by atoms with Gasteiger partial charge in [0.2, 0.25) is 0 Å². The second-order valence-electron chi connectivity index (χ2n) is 6.95. The maximum absolute atomic E-state index is 2.60. The Morgan fingerprint density at radius 3 is 1.82 bits per heavy atom. The predicted octanol–water partition coefficient (Wildman–Crippen LogP) is 2.76. The Labute approximate surface area is 139 Å². The third-order valence-corrected chi connectivity index (χ3v) is 5.78. The fraction of sp³-hybridized carbons (Fsp3) is 1.00. The molecule has 0 aliphatic carbocycles. The van der Waals surface area contributed by atoms with Crippen molar-refractivity contribution in [1.82, 2.24) is 19.6 Å². The average molecular weight is 313 g/mol. The van der Waals surface area contributed by atoms with Gasteiger partial charge in [0.15, 0.2) is 0 Å². The SMILES string of the molecule is CCC1CN(C)C(C)N1C.CCC1N(CC)CC(C)N1CC. The summed E-state index contributed by atoms with van der Waals surface area (Å²) in [6.45, 7) is 18.5. The van der Waals surface area contributed by atoms with E-state index in [1.807, 2.05) is 0 Å². The highest BCUT2D eigenvalue weighted by Crippen LogP contribution is 2.21. The third kappa shape index (κ3) is 4.44. The molecule has 22 heavy (non-hydrogen) atoms. The van der Waals surface area contributed by atoms with E-state index in [4.69, 9.17) is 0 Å². The lowest BCUT2D eigenvalue weighted by molar-refractivity contribution is 0.129. The van der Waals surface area contributed by atoms with Crippen molar-refractivity contribution in [2.75, 3.05) is 40.3 Å². The zero-order valence-electron chi connectivity index (χ0n) is 16.3. The first kappa shape index (κ1) is 19.9. The van der Waals surface area contributed by atoms with Gasteiger partial charge in [-0.25, -0.2) is 0 Å². The Morgan fingerprint density at radius 1 is 0.864 bits per heavy atom. The lowest BCUT2D eigenvalue weighted by Crippen LogP contribution is -2.39. The van der Waals surface area contributed by atoms with Crippen LogP contribution in [-0.4, -0.2) is 84.3 Å². The smallest absolute Gasteiger partial charge is 0.0622 e. The molecule has 2 fully saturated rings. The van der Waals surface area contributed by atoms with Gasteiger partial charge in [0.25, 0.3) is 0 Å². The van der Waals surface area contributed by atoms with Crippen LogP contribution in [0.1, 0.15) is 54.4 Å². The largest absolute Gasteiger partial charge is 0.290 e. The second kappa shape index (κ2) is 9.21. The molecule has 0 N–H and O–H groups in total. The van der Waals surface area contributed by atoms with Crippen LogP contribution in [0.4, 0.5) is 0 Å². The molecule has 2 heterocycles. The zero-order valence-corrected chi connectivity index (χ0v) is 16.3. The van der Waals surface area contributed by atoms with E-state index in [1.165, 1.54) is 39.0 Å². The van der Waals surface area contributed by atoms with Crippen LogP contribution in [-0.2, 0) is 0 Å². The van der Waals surface area contributed by atoms with Gasteiger partial charge in [0, 0.05) is 25.2 Å². The van der Waals surface area contributed by atoms with E-state index in [9.17, 15) is 0 Å². The van der Waals surface area contributed by atoms with E-state index in [1.54, 1.807) is 0 Å². The van der Waals surface area contributed by atoms with Gasteiger partial charge < -0.3 is 0 Å². The van der Waals surface area contributed by atoms with Crippen molar-refractivity contribution in [2.24, 2.45) is 0 Å². The summed E-state index contributed by atoms with van der Waals surface area (Å²) in [5.41, 5.74) is 0. The number of rotatable bonds is 4. The van der Waals surface area contributed by atoms with Crippen molar-refractivity contribution < 1.29 is 0 Å². The molecule has 132 valence electrons. The molecule has 2 aliphatic rings. The number of nitrogens with zero attached hydrogens (tertiary/aromatic N) is 4. The Hall–Kier alpha value is -0.160. The van der Waals surface area contributed by atoms with Crippen LogP contribution < -0.4 is 0 Å². The predicted molar refractivity (Wildman–Crippen MR) is 97.1 cm³/mol. The topological polar surface area (TPSA) is 13.0 Å². The van der Waals surface area contributed by atoms with Crippen LogP contribution in [0.2, 0.25) is 0 Å². The highest BCUT2D eigenvalue weighted by Gasteiger charge is 2.33. The first-order valence-corrected chi connectivity index (χ1v) is 9.32. The summed E-state index contributed by atoms with van der Waals surface area (Å²) in [5.74, 6) is 0. The molecule has 2 saturated heterocycles. The molecule has 4 heteroatoms. The zero-order chi connectivity index (χ0) is 16.9. The quantitative estimate of drug-likeness (QED) is 0.791. The minimum Gasteiger partial charge on any atom is -0.290 e. The van der Waals surface area contributed by atoms with Crippen molar-refractivity contribution in [1.29, 1.82) is 0 Å². The van der Waals surface area contributed by atoms with Crippen LogP contribution in [0, 0.1) is 0 Å². The number of hydrogen-bond donors (Lipinski definition) is 0. The summed E-state index contributed by atoms with van der Waals surface area (Å²) in [6.07, 6.45) is 3.86. The van der Waals surface area contributed by atoms with E-state index in [0.29, 0.717) is 12.3 Å².